The van der Waals surface area contributed by atoms with E-state index >= 15 is 0 Å². The van der Waals surface area contributed by atoms with Crippen LogP contribution in [-0.2, 0) is 0 Å². The predicted octanol–water partition coefficient (Wildman–Crippen LogP) is 3.99. The highest BCUT2D eigenvalue weighted by molar-refractivity contribution is 6.33. The minimum absolute atomic E-state index is 0.521. The van der Waals surface area contributed by atoms with Crippen LogP contribution in [0.5, 0.6) is 11.5 Å². The van der Waals surface area contributed by atoms with Crippen molar-refractivity contribution in [3.8, 4) is 11.5 Å². The van der Waals surface area contributed by atoms with Gasteiger partial charge in [0.05, 0.1) is 24.9 Å². The number of rotatable bonds is 4. The summed E-state index contributed by atoms with van der Waals surface area (Å²) in [7, 11) is 3.23. The van der Waals surface area contributed by atoms with Crippen molar-refractivity contribution in [3.63, 3.8) is 0 Å². The molecule has 4 nitrogen and oxygen atoms in total. The Morgan fingerprint density at radius 1 is 1.00 bits per heavy atom. The van der Waals surface area contributed by atoms with Crippen molar-refractivity contribution in [3.05, 3.63) is 40.9 Å². The molecule has 20 heavy (non-hydrogen) atoms. The number of anilines is 3. The van der Waals surface area contributed by atoms with E-state index in [1.807, 2.05) is 31.2 Å². The van der Waals surface area contributed by atoms with Crippen LogP contribution in [0.25, 0.3) is 0 Å². The molecule has 2 aromatic rings. The topological polar surface area (TPSA) is 56.5 Å². The second-order valence-electron chi connectivity index (χ2n) is 4.41. The van der Waals surface area contributed by atoms with Gasteiger partial charge in [-0.2, -0.15) is 0 Å². The first-order valence-corrected chi connectivity index (χ1v) is 6.47. The van der Waals surface area contributed by atoms with Crippen LogP contribution < -0.4 is 20.5 Å². The highest BCUT2D eigenvalue weighted by Gasteiger charge is 2.06. The van der Waals surface area contributed by atoms with Crippen molar-refractivity contribution in [2.45, 2.75) is 6.92 Å². The normalized spacial score (nSPS) is 10.2. The molecule has 0 aliphatic heterocycles. The van der Waals surface area contributed by atoms with E-state index in [4.69, 9.17) is 26.8 Å². The Balaban J connectivity index is 2.36. The molecular weight excluding hydrogens is 276 g/mol. The molecule has 0 bridgehead atoms. The number of nitrogens with two attached hydrogens (primary N) is 1. The molecule has 2 aromatic carbocycles. The first-order chi connectivity index (χ1) is 9.53. The van der Waals surface area contributed by atoms with Crippen LogP contribution in [0.15, 0.2) is 30.3 Å². The second kappa shape index (κ2) is 5.92. The minimum Gasteiger partial charge on any atom is -0.497 e. The molecule has 0 aromatic heterocycles. The van der Waals surface area contributed by atoms with E-state index in [1.165, 1.54) is 0 Å². The smallest absolute Gasteiger partial charge is 0.124 e. The summed E-state index contributed by atoms with van der Waals surface area (Å²) in [5.41, 5.74) is 9.09. The Hall–Kier alpha value is -2.07. The summed E-state index contributed by atoms with van der Waals surface area (Å²) in [6.45, 7) is 1.96. The summed E-state index contributed by atoms with van der Waals surface area (Å²) in [6, 6.07) is 9.21. The van der Waals surface area contributed by atoms with Gasteiger partial charge in [0.15, 0.2) is 0 Å². The largest absolute Gasteiger partial charge is 0.497 e. The van der Waals surface area contributed by atoms with Gasteiger partial charge in [0.2, 0.25) is 0 Å². The van der Waals surface area contributed by atoms with Crippen molar-refractivity contribution in [2.24, 2.45) is 0 Å². The van der Waals surface area contributed by atoms with Crippen LogP contribution in [0.3, 0.4) is 0 Å². The van der Waals surface area contributed by atoms with Gasteiger partial charge < -0.3 is 20.5 Å². The molecule has 0 saturated carbocycles. The van der Waals surface area contributed by atoms with Crippen molar-refractivity contribution in [2.75, 3.05) is 25.3 Å². The van der Waals surface area contributed by atoms with Crippen molar-refractivity contribution >= 4 is 28.7 Å². The van der Waals surface area contributed by atoms with Crippen molar-refractivity contribution in [1.82, 2.24) is 0 Å². The Morgan fingerprint density at radius 2 is 1.60 bits per heavy atom. The summed E-state index contributed by atoms with van der Waals surface area (Å²) in [6.07, 6.45) is 0. The number of methoxy groups -OCH3 is 2. The van der Waals surface area contributed by atoms with E-state index < -0.39 is 0 Å². The monoisotopic (exact) mass is 292 g/mol. The fraction of sp³-hybridized carbons (Fsp3) is 0.200. The van der Waals surface area contributed by atoms with Gasteiger partial charge in [-0.05, 0) is 24.6 Å². The molecule has 0 fully saturated rings. The molecule has 0 unspecified atom stereocenters. The van der Waals surface area contributed by atoms with Crippen LogP contribution >= 0.6 is 11.6 Å². The standard InChI is InChI=1S/C15H17ClN2O2/c1-9-4-14(17)13(16)8-15(9)18-10-5-11(19-2)7-12(6-10)20-3/h4-8,18H,17H2,1-3H3. The molecular formula is C15H17ClN2O2. The first kappa shape index (κ1) is 14.3. The molecule has 0 aliphatic rings. The van der Waals surface area contributed by atoms with Crippen LogP contribution in [-0.4, -0.2) is 14.2 Å². The van der Waals surface area contributed by atoms with Gasteiger partial charge in [-0.25, -0.2) is 0 Å². The van der Waals surface area contributed by atoms with Crippen molar-refractivity contribution in [1.29, 1.82) is 0 Å². The Morgan fingerprint density at radius 3 is 2.15 bits per heavy atom. The summed E-state index contributed by atoms with van der Waals surface area (Å²) in [4.78, 5) is 0. The molecule has 0 saturated heterocycles. The van der Waals surface area contributed by atoms with E-state index in [0.717, 1.165) is 16.9 Å². The van der Waals surface area contributed by atoms with Crippen LogP contribution in [0.1, 0.15) is 5.56 Å². The number of benzene rings is 2. The Bertz CT molecular complexity index is 607. The minimum atomic E-state index is 0.521. The van der Waals surface area contributed by atoms with E-state index in [2.05, 4.69) is 5.32 Å². The third kappa shape index (κ3) is 3.08. The third-order valence-electron chi connectivity index (χ3n) is 2.97. The molecule has 0 atom stereocenters. The molecule has 0 spiro atoms. The number of nitrogens with one attached hydrogen (secondary N) is 1. The van der Waals surface area contributed by atoms with Crippen LogP contribution in [0, 0.1) is 6.92 Å². The molecule has 0 heterocycles. The zero-order valence-electron chi connectivity index (χ0n) is 11.7. The Labute approximate surface area is 123 Å². The zero-order valence-corrected chi connectivity index (χ0v) is 12.4. The third-order valence-corrected chi connectivity index (χ3v) is 3.30. The van der Waals surface area contributed by atoms with Crippen LogP contribution in [0.4, 0.5) is 17.1 Å². The molecule has 2 rings (SSSR count). The van der Waals surface area contributed by atoms with E-state index in [-0.39, 0.29) is 0 Å². The maximum absolute atomic E-state index is 6.05. The van der Waals surface area contributed by atoms with E-state index in [1.54, 1.807) is 20.3 Å². The van der Waals surface area contributed by atoms with Gasteiger partial charge >= 0.3 is 0 Å². The maximum atomic E-state index is 6.05. The number of aryl methyl sites for hydroxylation is 1. The average Bonchev–Trinajstić information content (AvgIpc) is 2.44. The number of hydrogen-bond acceptors (Lipinski definition) is 4. The molecule has 0 aliphatic carbocycles. The van der Waals surface area contributed by atoms with Crippen LogP contribution in [0.2, 0.25) is 5.02 Å². The predicted molar refractivity (Wildman–Crippen MR) is 83.4 cm³/mol. The summed E-state index contributed by atoms with van der Waals surface area (Å²) >= 11 is 6.05. The van der Waals surface area contributed by atoms with E-state index in [0.29, 0.717) is 22.2 Å². The Kier molecular flexibility index (Phi) is 4.25. The molecule has 0 radical (unpaired) electrons. The summed E-state index contributed by atoms with van der Waals surface area (Å²) < 4.78 is 10.5. The summed E-state index contributed by atoms with van der Waals surface area (Å²) in [5.74, 6) is 1.43. The number of nitrogen functional groups attached to an aromatic ring is 1. The number of halogens is 1. The molecule has 5 heteroatoms. The average molecular weight is 293 g/mol. The second-order valence-corrected chi connectivity index (χ2v) is 4.82. The zero-order chi connectivity index (χ0) is 14.7. The quantitative estimate of drug-likeness (QED) is 0.837. The highest BCUT2D eigenvalue weighted by Crippen LogP contribution is 2.32. The lowest BCUT2D eigenvalue weighted by atomic mass is 10.1. The van der Waals surface area contributed by atoms with E-state index in [9.17, 15) is 0 Å². The first-order valence-electron chi connectivity index (χ1n) is 6.09. The number of ether oxygens (including phenoxy) is 2. The van der Waals surface area contributed by atoms with Crippen molar-refractivity contribution < 1.29 is 9.47 Å². The highest BCUT2D eigenvalue weighted by atomic mass is 35.5. The molecule has 106 valence electrons. The summed E-state index contributed by atoms with van der Waals surface area (Å²) in [5, 5.41) is 3.81. The van der Waals surface area contributed by atoms with Gasteiger partial charge in [-0.1, -0.05) is 11.6 Å². The fourth-order valence-electron chi connectivity index (χ4n) is 1.87. The molecule has 3 N–H and O–H groups in total. The molecule has 0 amide bonds. The number of hydrogen-bond donors (Lipinski definition) is 2. The SMILES string of the molecule is COc1cc(Nc2cc(Cl)c(N)cc2C)cc(OC)c1. The van der Waals surface area contributed by atoms with Gasteiger partial charge in [-0.3, -0.25) is 0 Å². The van der Waals surface area contributed by atoms with Gasteiger partial charge in [0, 0.05) is 29.6 Å². The lowest BCUT2D eigenvalue weighted by molar-refractivity contribution is 0.395. The van der Waals surface area contributed by atoms with Gasteiger partial charge in [0.25, 0.3) is 0 Å². The lowest BCUT2D eigenvalue weighted by Gasteiger charge is -2.13. The van der Waals surface area contributed by atoms with Gasteiger partial charge in [-0.15, -0.1) is 0 Å². The maximum Gasteiger partial charge on any atom is 0.124 e. The fourth-order valence-corrected chi connectivity index (χ4v) is 2.04. The van der Waals surface area contributed by atoms with Gasteiger partial charge in [0.1, 0.15) is 11.5 Å². The lowest BCUT2D eigenvalue weighted by Crippen LogP contribution is -1.97.